The number of hydrogen-bond donors (Lipinski definition) is 1. The van der Waals surface area contributed by atoms with E-state index < -0.39 is 11.9 Å². The summed E-state index contributed by atoms with van der Waals surface area (Å²) in [4.78, 5) is 19.1. The fourth-order valence-corrected chi connectivity index (χ4v) is 0.204. The quantitative estimate of drug-likeness (QED) is 0.390. The molecule has 0 amide bonds. The molecule has 0 saturated carbocycles. The molecule has 13 heavy (non-hydrogen) atoms. The summed E-state index contributed by atoms with van der Waals surface area (Å²) in [5.41, 5.74) is 0.176. The van der Waals surface area contributed by atoms with E-state index in [1.807, 2.05) is 0 Å². The number of carbonyl (C=O) groups is 2. The zero-order chi connectivity index (χ0) is 10.1. The topological polar surface area (TPSA) is 77.4 Å². The minimum atomic E-state index is -0.961. The average molecular weight is 196 g/mol. The van der Waals surface area contributed by atoms with Crippen LogP contribution in [0.3, 0.4) is 0 Å². The van der Waals surface area contributed by atoms with Crippen molar-refractivity contribution in [3.8, 4) is 0 Å². The van der Waals surface area contributed by atoms with E-state index in [2.05, 4.69) is 6.58 Å². The Labute approximate surface area is 99.9 Å². The number of carbonyl (C=O) groups excluding carboxylic acids is 1. The Hall–Kier alpha value is -0.320. The van der Waals surface area contributed by atoms with Gasteiger partial charge in [-0.1, -0.05) is 19.9 Å². The van der Waals surface area contributed by atoms with E-state index in [4.69, 9.17) is 5.11 Å². The Morgan fingerprint density at radius 3 is 1.77 bits per heavy atom. The summed E-state index contributed by atoms with van der Waals surface area (Å²) in [6.45, 7) is 6.40. The van der Waals surface area contributed by atoms with Crippen LogP contribution in [0.5, 0.6) is 0 Å². The molecule has 5 heteroatoms. The van der Waals surface area contributed by atoms with Crippen molar-refractivity contribution in [2.24, 2.45) is 0 Å². The van der Waals surface area contributed by atoms with Gasteiger partial charge in [-0.15, -0.1) is 0 Å². The molecule has 70 valence electrons. The molecule has 0 aliphatic heterocycles. The molecule has 0 bridgehead atoms. The molecular weight excluding hydrogens is 183 g/mol. The van der Waals surface area contributed by atoms with Gasteiger partial charge in [0.2, 0.25) is 0 Å². The summed E-state index contributed by atoms with van der Waals surface area (Å²) in [5.74, 6) is -1.90. The largest absolute Gasteiger partial charge is 1.00 e. The summed E-state index contributed by atoms with van der Waals surface area (Å²) in [7, 11) is 0. The van der Waals surface area contributed by atoms with Crippen molar-refractivity contribution in [3.63, 3.8) is 0 Å². The molecule has 0 unspecified atom stereocenters. The van der Waals surface area contributed by atoms with Gasteiger partial charge < -0.3 is 15.0 Å². The van der Waals surface area contributed by atoms with E-state index >= 15 is 0 Å². The maximum Gasteiger partial charge on any atom is 1.00 e. The van der Waals surface area contributed by atoms with Gasteiger partial charge in [0.1, 0.15) is 0 Å². The fourth-order valence-electron chi connectivity index (χ4n) is 0.204. The second kappa shape index (κ2) is 11.7. The normalized spacial score (nSPS) is 7.23. The van der Waals surface area contributed by atoms with Crippen LogP contribution in [-0.2, 0) is 9.59 Å². The SMILES string of the molecule is C=C(C)C(=O)O.CCCC(=O)[O-].[Na+]. The van der Waals surface area contributed by atoms with Gasteiger partial charge in [-0.25, -0.2) is 4.79 Å². The Bertz CT molecular complexity index is 165. The van der Waals surface area contributed by atoms with Gasteiger partial charge in [-0.2, -0.15) is 0 Å². The first-order valence-electron chi connectivity index (χ1n) is 3.50. The first kappa shape index (κ1) is 18.5. The van der Waals surface area contributed by atoms with Crippen LogP contribution < -0.4 is 34.7 Å². The van der Waals surface area contributed by atoms with Gasteiger partial charge in [-0.3, -0.25) is 0 Å². The van der Waals surface area contributed by atoms with Crippen LogP contribution in [0.2, 0.25) is 0 Å². The third kappa shape index (κ3) is 24.5. The van der Waals surface area contributed by atoms with Crippen molar-refractivity contribution in [3.05, 3.63) is 12.2 Å². The van der Waals surface area contributed by atoms with Gasteiger partial charge in [-0.05, 0) is 13.3 Å². The predicted molar refractivity (Wildman–Crippen MR) is 42.4 cm³/mol. The van der Waals surface area contributed by atoms with Crippen LogP contribution in [0.1, 0.15) is 26.7 Å². The Morgan fingerprint density at radius 1 is 1.46 bits per heavy atom. The number of aliphatic carboxylic acids is 2. The van der Waals surface area contributed by atoms with E-state index in [1.54, 1.807) is 6.92 Å². The second-order valence-corrected chi connectivity index (χ2v) is 2.21. The first-order valence-corrected chi connectivity index (χ1v) is 3.50. The Kier molecular flexibility index (Phi) is 16.6. The minimum absolute atomic E-state index is 0. The van der Waals surface area contributed by atoms with Crippen molar-refractivity contribution >= 4 is 11.9 Å². The molecule has 1 N–H and O–H groups in total. The van der Waals surface area contributed by atoms with E-state index in [9.17, 15) is 14.7 Å². The summed E-state index contributed by atoms with van der Waals surface area (Å²) in [6, 6.07) is 0. The van der Waals surface area contributed by atoms with Gasteiger partial charge in [0.05, 0.1) is 0 Å². The van der Waals surface area contributed by atoms with Crippen LogP contribution in [0.4, 0.5) is 0 Å². The van der Waals surface area contributed by atoms with Crippen molar-refractivity contribution < 1.29 is 49.4 Å². The number of hydrogen-bond acceptors (Lipinski definition) is 3. The van der Waals surface area contributed by atoms with Crippen LogP contribution in [0.15, 0.2) is 12.2 Å². The van der Waals surface area contributed by atoms with E-state index in [0.29, 0.717) is 6.42 Å². The maximum absolute atomic E-state index is 9.60. The Morgan fingerprint density at radius 2 is 1.77 bits per heavy atom. The summed E-state index contributed by atoms with van der Waals surface area (Å²) in [5, 5.41) is 17.4. The fraction of sp³-hybridized carbons (Fsp3) is 0.500. The van der Waals surface area contributed by atoms with E-state index in [0.717, 1.165) is 0 Å². The first-order chi connectivity index (χ1) is 5.41. The van der Waals surface area contributed by atoms with Crippen molar-refractivity contribution in [1.82, 2.24) is 0 Å². The third-order valence-corrected chi connectivity index (χ3v) is 0.819. The summed E-state index contributed by atoms with van der Waals surface area (Å²) < 4.78 is 0. The van der Waals surface area contributed by atoms with Gasteiger partial charge >= 0.3 is 35.5 Å². The van der Waals surface area contributed by atoms with Crippen LogP contribution >= 0.6 is 0 Å². The molecule has 0 rings (SSSR count). The molecule has 0 atom stereocenters. The molecular formula is C8H13NaO4. The molecule has 0 aromatic rings. The Balaban J connectivity index is -0.000000143. The van der Waals surface area contributed by atoms with Crippen molar-refractivity contribution in [2.75, 3.05) is 0 Å². The number of carboxylic acids is 2. The molecule has 4 nitrogen and oxygen atoms in total. The third-order valence-electron chi connectivity index (χ3n) is 0.819. The molecule has 0 fully saturated rings. The molecule has 0 saturated heterocycles. The average Bonchev–Trinajstić information content (AvgIpc) is 1.87. The molecule has 0 aliphatic rings. The van der Waals surface area contributed by atoms with Gasteiger partial charge in [0, 0.05) is 11.5 Å². The molecule has 0 radical (unpaired) electrons. The molecule has 0 heterocycles. The second-order valence-electron chi connectivity index (χ2n) is 2.21. The molecule has 0 aromatic carbocycles. The van der Waals surface area contributed by atoms with Gasteiger partial charge in [0.25, 0.3) is 0 Å². The minimum Gasteiger partial charge on any atom is -0.550 e. The summed E-state index contributed by atoms with van der Waals surface area (Å²) >= 11 is 0. The summed E-state index contributed by atoms with van der Waals surface area (Å²) in [6.07, 6.45) is 0.850. The zero-order valence-electron chi connectivity index (χ0n) is 8.29. The van der Waals surface area contributed by atoms with Crippen molar-refractivity contribution in [2.45, 2.75) is 26.7 Å². The number of carboxylic acid groups (broad SMARTS) is 2. The van der Waals surface area contributed by atoms with Crippen LogP contribution in [-0.4, -0.2) is 17.0 Å². The van der Waals surface area contributed by atoms with Crippen LogP contribution in [0.25, 0.3) is 0 Å². The molecule has 0 spiro atoms. The zero-order valence-corrected chi connectivity index (χ0v) is 10.3. The molecule has 0 aliphatic carbocycles. The molecule has 0 aromatic heterocycles. The predicted octanol–water partition coefficient (Wildman–Crippen LogP) is -2.81. The van der Waals surface area contributed by atoms with Crippen molar-refractivity contribution in [1.29, 1.82) is 0 Å². The van der Waals surface area contributed by atoms with Gasteiger partial charge in [0.15, 0.2) is 0 Å². The maximum atomic E-state index is 9.60. The standard InChI is InChI=1S/C4H6O2.C4H8O2.Na/c1-3(2)4(5)6;1-2-3-4(5)6;/h1H2,2H3,(H,5,6);2-3H2,1H3,(H,5,6);/q;;+1/p-1. The monoisotopic (exact) mass is 196 g/mol. The smallest absolute Gasteiger partial charge is 0.550 e. The number of rotatable bonds is 3. The van der Waals surface area contributed by atoms with E-state index in [1.165, 1.54) is 6.92 Å². The van der Waals surface area contributed by atoms with E-state index in [-0.39, 0.29) is 41.6 Å². The van der Waals surface area contributed by atoms with Crippen LogP contribution in [0, 0.1) is 0 Å².